The van der Waals surface area contributed by atoms with Crippen LogP contribution < -0.4 is 5.32 Å². The van der Waals surface area contributed by atoms with Gasteiger partial charge < -0.3 is 9.73 Å². The molecule has 0 saturated carbocycles. The highest BCUT2D eigenvalue weighted by molar-refractivity contribution is 7.99. The fourth-order valence-electron chi connectivity index (χ4n) is 2.58. The van der Waals surface area contributed by atoms with Crippen molar-refractivity contribution in [2.45, 2.75) is 31.4 Å². The van der Waals surface area contributed by atoms with Crippen LogP contribution in [0.1, 0.15) is 29.4 Å². The van der Waals surface area contributed by atoms with Crippen LogP contribution in [0, 0.1) is 13.8 Å². The molecule has 1 amide bonds. The molecule has 9 heteroatoms. The second kappa shape index (κ2) is 7.17. The molecular weight excluding hydrogens is 362 g/mol. The van der Waals surface area contributed by atoms with Crippen LogP contribution in [0.25, 0.3) is 0 Å². The number of hydrogen-bond acceptors (Lipinski definition) is 7. The van der Waals surface area contributed by atoms with Gasteiger partial charge in [-0.25, -0.2) is 8.42 Å². The highest BCUT2D eigenvalue weighted by atomic mass is 32.2. The topological polar surface area (TPSA) is 102 Å². The molecule has 0 spiro atoms. The van der Waals surface area contributed by atoms with Crippen LogP contribution in [0.2, 0.25) is 0 Å². The van der Waals surface area contributed by atoms with E-state index in [0.29, 0.717) is 12.3 Å². The second-order valence-electron chi connectivity index (χ2n) is 6.14. The maximum atomic E-state index is 12.0. The minimum atomic E-state index is -3.00. The Hall–Kier alpha value is -1.87. The SMILES string of the molecule is Cc1ccc(NC(=O)CSc2nnc([C@H]3CCS(=O)(=O)C3)o2)cc1C. The molecule has 0 bridgehead atoms. The summed E-state index contributed by atoms with van der Waals surface area (Å²) >= 11 is 1.13. The van der Waals surface area contributed by atoms with E-state index in [9.17, 15) is 13.2 Å². The Labute approximate surface area is 150 Å². The van der Waals surface area contributed by atoms with Crippen molar-refractivity contribution in [2.75, 3.05) is 22.6 Å². The third-order valence-electron chi connectivity index (χ3n) is 4.12. The number of aryl methyl sites for hydroxylation is 2. The molecule has 1 aromatic carbocycles. The lowest BCUT2D eigenvalue weighted by molar-refractivity contribution is -0.113. The molecule has 0 unspecified atom stereocenters. The Bertz CT molecular complexity index is 893. The monoisotopic (exact) mass is 381 g/mol. The number of amides is 1. The van der Waals surface area contributed by atoms with Crippen molar-refractivity contribution < 1.29 is 17.6 Å². The summed E-state index contributed by atoms with van der Waals surface area (Å²) in [4.78, 5) is 12.0. The molecule has 3 rings (SSSR count). The van der Waals surface area contributed by atoms with E-state index in [-0.39, 0.29) is 34.3 Å². The average Bonchev–Trinajstić information content (AvgIpc) is 3.15. The summed E-state index contributed by atoms with van der Waals surface area (Å²) in [5, 5.41) is 10.9. The number of aromatic nitrogens is 2. The summed E-state index contributed by atoms with van der Waals surface area (Å²) in [5.41, 5.74) is 3.02. The van der Waals surface area contributed by atoms with Crippen molar-refractivity contribution in [1.29, 1.82) is 0 Å². The molecule has 1 atom stereocenters. The highest BCUT2D eigenvalue weighted by Crippen LogP contribution is 2.29. The van der Waals surface area contributed by atoms with Crippen LogP contribution in [-0.2, 0) is 14.6 Å². The van der Waals surface area contributed by atoms with Gasteiger partial charge in [0.2, 0.25) is 11.8 Å². The fraction of sp³-hybridized carbons (Fsp3) is 0.438. The van der Waals surface area contributed by atoms with Crippen molar-refractivity contribution in [3.05, 3.63) is 35.2 Å². The van der Waals surface area contributed by atoms with Gasteiger partial charge in [-0.2, -0.15) is 0 Å². The summed E-state index contributed by atoms with van der Waals surface area (Å²) in [6.45, 7) is 4.00. The van der Waals surface area contributed by atoms with Gasteiger partial charge in [-0.3, -0.25) is 4.79 Å². The van der Waals surface area contributed by atoms with Crippen LogP contribution in [0.5, 0.6) is 0 Å². The molecule has 1 saturated heterocycles. The van der Waals surface area contributed by atoms with Gasteiger partial charge in [0.15, 0.2) is 9.84 Å². The number of nitrogens with zero attached hydrogens (tertiary/aromatic N) is 2. The zero-order chi connectivity index (χ0) is 18.0. The Balaban J connectivity index is 1.53. The van der Waals surface area contributed by atoms with Gasteiger partial charge >= 0.3 is 0 Å². The predicted molar refractivity (Wildman–Crippen MR) is 95.6 cm³/mol. The normalized spacial score (nSPS) is 19.0. The lowest BCUT2D eigenvalue weighted by Gasteiger charge is -2.06. The Kier molecular flexibility index (Phi) is 5.14. The predicted octanol–water partition coefficient (Wildman–Crippen LogP) is 2.32. The van der Waals surface area contributed by atoms with Crippen LogP contribution in [0.15, 0.2) is 27.8 Å². The number of rotatable bonds is 5. The zero-order valence-corrected chi connectivity index (χ0v) is 15.6. The Morgan fingerprint density at radius 1 is 1.32 bits per heavy atom. The smallest absolute Gasteiger partial charge is 0.277 e. The first kappa shape index (κ1) is 17.9. The number of carbonyl (C=O) groups is 1. The molecule has 1 N–H and O–H groups in total. The average molecular weight is 381 g/mol. The van der Waals surface area contributed by atoms with E-state index in [2.05, 4.69) is 15.5 Å². The fourth-order valence-corrected chi connectivity index (χ4v) is 4.88. The molecule has 134 valence electrons. The molecule has 0 radical (unpaired) electrons. The van der Waals surface area contributed by atoms with Gasteiger partial charge in [-0.05, 0) is 43.5 Å². The summed E-state index contributed by atoms with van der Waals surface area (Å²) in [5.74, 6) is 0.260. The molecule has 25 heavy (non-hydrogen) atoms. The number of thioether (sulfide) groups is 1. The number of hydrogen-bond donors (Lipinski definition) is 1. The van der Waals surface area contributed by atoms with Gasteiger partial charge in [-0.15, -0.1) is 10.2 Å². The van der Waals surface area contributed by atoms with E-state index >= 15 is 0 Å². The molecule has 1 aliphatic heterocycles. The largest absolute Gasteiger partial charge is 0.416 e. The third-order valence-corrected chi connectivity index (χ3v) is 6.71. The van der Waals surface area contributed by atoms with Gasteiger partial charge in [0.1, 0.15) is 0 Å². The van der Waals surface area contributed by atoms with E-state index in [1.165, 1.54) is 5.56 Å². The Morgan fingerprint density at radius 2 is 2.12 bits per heavy atom. The first-order valence-electron chi connectivity index (χ1n) is 7.86. The maximum absolute atomic E-state index is 12.0. The van der Waals surface area contributed by atoms with E-state index in [1.54, 1.807) is 0 Å². The van der Waals surface area contributed by atoms with Crippen LogP contribution >= 0.6 is 11.8 Å². The van der Waals surface area contributed by atoms with E-state index in [1.807, 2.05) is 32.0 Å². The van der Waals surface area contributed by atoms with Crippen molar-refractivity contribution in [3.63, 3.8) is 0 Å². The minimum absolute atomic E-state index is 0.0482. The van der Waals surface area contributed by atoms with E-state index in [4.69, 9.17) is 4.42 Å². The lowest BCUT2D eigenvalue weighted by Crippen LogP contribution is -2.14. The van der Waals surface area contributed by atoms with Crippen molar-refractivity contribution in [3.8, 4) is 0 Å². The van der Waals surface area contributed by atoms with Gasteiger partial charge in [0, 0.05) is 5.69 Å². The lowest BCUT2D eigenvalue weighted by atomic mass is 10.1. The van der Waals surface area contributed by atoms with Gasteiger partial charge in [0.25, 0.3) is 5.22 Å². The molecule has 2 aromatic rings. The van der Waals surface area contributed by atoms with E-state index in [0.717, 1.165) is 23.0 Å². The van der Waals surface area contributed by atoms with Crippen molar-refractivity contribution in [2.24, 2.45) is 0 Å². The number of nitrogens with one attached hydrogen (secondary N) is 1. The maximum Gasteiger partial charge on any atom is 0.277 e. The molecule has 2 heterocycles. The van der Waals surface area contributed by atoms with Crippen LogP contribution in [0.3, 0.4) is 0 Å². The number of sulfone groups is 1. The number of carbonyl (C=O) groups excluding carboxylic acids is 1. The second-order valence-corrected chi connectivity index (χ2v) is 9.30. The number of anilines is 1. The third kappa shape index (κ3) is 4.60. The number of benzene rings is 1. The minimum Gasteiger partial charge on any atom is -0.416 e. The Morgan fingerprint density at radius 3 is 2.80 bits per heavy atom. The first-order valence-corrected chi connectivity index (χ1v) is 10.7. The molecule has 0 aliphatic carbocycles. The van der Waals surface area contributed by atoms with E-state index < -0.39 is 9.84 Å². The quantitative estimate of drug-likeness (QED) is 0.793. The molecular formula is C16H19N3O4S2. The van der Waals surface area contributed by atoms with Crippen molar-refractivity contribution in [1.82, 2.24) is 10.2 Å². The molecule has 1 aromatic heterocycles. The van der Waals surface area contributed by atoms with Crippen molar-refractivity contribution >= 4 is 33.2 Å². The summed E-state index contributed by atoms with van der Waals surface area (Å²) in [6, 6.07) is 5.73. The molecule has 1 aliphatic rings. The highest BCUT2D eigenvalue weighted by Gasteiger charge is 2.32. The zero-order valence-electron chi connectivity index (χ0n) is 14.0. The summed E-state index contributed by atoms with van der Waals surface area (Å²) < 4.78 is 28.5. The summed E-state index contributed by atoms with van der Waals surface area (Å²) in [6.07, 6.45) is 0.502. The van der Waals surface area contributed by atoms with Gasteiger partial charge in [0.05, 0.1) is 23.2 Å². The molecule has 1 fully saturated rings. The standard InChI is InChI=1S/C16H19N3O4S2/c1-10-3-4-13(7-11(10)2)17-14(20)8-24-16-19-18-15(23-16)12-5-6-25(21,22)9-12/h3-4,7,12H,5-6,8-9H2,1-2H3,(H,17,20)/t12-/m0/s1. The van der Waals surface area contributed by atoms with Crippen LogP contribution in [-0.4, -0.2) is 41.8 Å². The summed E-state index contributed by atoms with van der Waals surface area (Å²) in [7, 11) is -3.00. The van der Waals surface area contributed by atoms with Crippen LogP contribution in [0.4, 0.5) is 5.69 Å². The molecule has 7 nitrogen and oxygen atoms in total. The van der Waals surface area contributed by atoms with Gasteiger partial charge in [-0.1, -0.05) is 17.8 Å². The first-order chi connectivity index (χ1) is 11.8.